The molecule has 0 radical (unpaired) electrons. The summed E-state index contributed by atoms with van der Waals surface area (Å²) in [6.07, 6.45) is -0.697. The van der Waals surface area contributed by atoms with E-state index in [0.29, 0.717) is 5.56 Å². The maximum atomic E-state index is 13.2. The Morgan fingerprint density at radius 1 is 1.39 bits per heavy atom. The van der Waals surface area contributed by atoms with Crippen molar-refractivity contribution >= 4 is 11.8 Å². The molecule has 0 saturated carbocycles. The van der Waals surface area contributed by atoms with Gasteiger partial charge in [-0.15, -0.1) is 0 Å². The lowest BCUT2D eigenvalue weighted by Gasteiger charge is -2.11. The first kappa shape index (κ1) is 13.1. The second-order valence-electron chi connectivity index (χ2n) is 4.21. The predicted molar refractivity (Wildman–Crippen MR) is 69.1 cm³/mol. The minimum Gasteiger partial charge on any atom is -0.389 e. The lowest BCUT2D eigenvalue weighted by Crippen LogP contribution is -1.97. The maximum Gasteiger partial charge on any atom is 0.123 e. The number of nitrogens with zero attached hydrogens (tertiary/aromatic N) is 2. The van der Waals surface area contributed by atoms with Gasteiger partial charge in [0, 0.05) is 11.9 Å². The van der Waals surface area contributed by atoms with Gasteiger partial charge >= 0.3 is 0 Å². The Labute approximate surface area is 110 Å². The Morgan fingerprint density at radius 2 is 2.11 bits per heavy atom. The summed E-state index contributed by atoms with van der Waals surface area (Å²) in [4.78, 5) is 0.842. The van der Waals surface area contributed by atoms with E-state index in [1.54, 1.807) is 17.7 Å². The lowest BCUT2D eigenvalue weighted by atomic mass is 10.1. The second-order valence-corrected chi connectivity index (χ2v) is 5.27. The van der Waals surface area contributed by atoms with Gasteiger partial charge in [0.15, 0.2) is 0 Å². The van der Waals surface area contributed by atoms with Crippen LogP contribution in [0.25, 0.3) is 0 Å². The van der Waals surface area contributed by atoms with E-state index < -0.39 is 6.10 Å². The van der Waals surface area contributed by atoms with Gasteiger partial charge in [0.1, 0.15) is 5.82 Å². The summed E-state index contributed by atoms with van der Waals surface area (Å²) in [5.74, 6) is -0.337. The SMILES string of the molecule is Cc1cc(Sc2ccc(F)cc2[C@@H](C)O)n(C)n1. The zero-order valence-corrected chi connectivity index (χ0v) is 11.3. The van der Waals surface area contributed by atoms with Crippen molar-refractivity contribution in [1.29, 1.82) is 0 Å². The summed E-state index contributed by atoms with van der Waals surface area (Å²) >= 11 is 1.47. The number of rotatable bonds is 3. The van der Waals surface area contributed by atoms with Crippen LogP contribution in [0.15, 0.2) is 34.2 Å². The lowest BCUT2D eigenvalue weighted by molar-refractivity contribution is 0.196. The topological polar surface area (TPSA) is 38.0 Å². The van der Waals surface area contributed by atoms with E-state index in [1.807, 2.05) is 20.0 Å². The largest absolute Gasteiger partial charge is 0.389 e. The molecule has 0 saturated heterocycles. The molecule has 0 spiro atoms. The summed E-state index contributed by atoms with van der Waals surface area (Å²) in [6, 6.07) is 6.41. The molecule has 0 unspecified atom stereocenters. The van der Waals surface area contributed by atoms with Crippen molar-refractivity contribution in [2.24, 2.45) is 7.05 Å². The molecule has 96 valence electrons. The van der Waals surface area contributed by atoms with Crippen LogP contribution >= 0.6 is 11.8 Å². The number of aryl methyl sites for hydroxylation is 2. The molecule has 3 nitrogen and oxygen atoms in total. The smallest absolute Gasteiger partial charge is 0.123 e. The third-order valence-electron chi connectivity index (χ3n) is 2.60. The second kappa shape index (κ2) is 5.12. The number of benzene rings is 1. The molecule has 1 N–H and O–H groups in total. The minimum atomic E-state index is -0.697. The summed E-state index contributed by atoms with van der Waals surface area (Å²) in [7, 11) is 1.86. The molecule has 0 fully saturated rings. The molecular weight excluding hydrogens is 251 g/mol. The third kappa shape index (κ3) is 2.73. The van der Waals surface area contributed by atoms with Crippen molar-refractivity contribution < 1.29 is 9.50 Å². The van der Waals surface area contributed by atoms with Crippen molar-refractivity contribution in [1.82, 2.24) is 9.78 Å². The predicted octanol–water partition coefficient (Wildman–Crippen LogP) is 3.07. The molecular formula is C13H15FN2OS. The van der Waals surface area contributed by atoms with Gasteiger partial charge < -0.3 is 5.11 Å². The summed E-state index contributed by atoms with van der Waals surface area (Å²) in [5.41, 5.74) is 1.53. The highest BCUT2D eigenvalue weighted by Crippen LogP contribution is 2.33. The number of hydrogen-bond acceptors (Lipinski definition) is 3. The Kier molecular flexibility index (Phi) is 3.73. The van der Waals surface area contributed by atoms with Crippen LogP contribution in [0.3, 0.4) is 0 Å². The minimum absolute atomic E-state index is 0.337. The normalized spacial score (nSPS) is 12.7. The molecule has 0 aliphatic carbocycles. The fraction of sp³-hybridized carbons (Fsp3) is 0.308. The van der Waals surface area contributed by atoms with Gasteiger partial charge in [0.05, 0.1) is 16.8 Å². The van der Waals surface area contributed by atoms with Gasteiger partial charge in [-0.3, -0.25) is 4.68 Å². The molecule has 1 heterocycles. The number of hydrogen-bond donors (Lipinski definition) is 1. The summed E-state index contributed by atoms with van der Waals surface area (Å²) in [6.45, 7) is 3.55. The monoisotopic (exact) mass is 266 g/mol. The number of aliphatic hydroxyl groups is 1. The van der Waals surface area contributed by atoms with Gasteiger partial charge in [-0.05, 0) is 43.7 Å². The Hall–Kier alpha value is -1.33. The van der Waals surface area contributed by atoms with Crippen LogP contribution in [0.2, 0.25) is 0 Å². The quantitative estimate of drug-likeness (QED) is 0.927. The van der Waals surface area contributed by atoms with E-state index in [1.165, 1.54) is 23.9 Å². The highest BCUT2D eigenvalue weighted by Gasteiger charge is 2.12. The molecule has 18 heavy (non-hydrogen) atoms. The van der Waals surface area contributed by atoms with Gasteiger partial charge in [-0.25, -0.2) is 4.39 Å². The molecule has 2 rings (SSSR count). The van der Waals surface area contributed by atoms with Crippen LogP contribution < -0.4 is 0 Å². The molecule has 0 bridgehead atoms. The Balaban J connectivity index is 2.37. The van der Waals surface area contributed by atoms with Gasteiger partial charge in [0.2, 0.25) is 0 Å². The molecule has 2 aromatic rings. The average molecular weight is 266 g/mol. The van der Waals surface area contributed by atoms with Gasteiger partial charge in [-0.2, -0.15) is 5.10 Å². The number of aliphatic hydroxyl groups excluding tert-OH is 1. The van der Waals surface area contributed by atoms with Gasteiger partial charge in [0.25, 0.3) is 0 Å². The summed E-state index contributed by atoms with van der Waals surface area (Å²) < 4.78 is 15.0. The average Bonchev–Trinajstić information content (AvgIpc) is 2.60. The molecule has 1 atom stereocenters. The molecule has 0 amide bonds. The number of halogens is 1. The van der Waals surface area contributed by atoms with E-state index in [2.05, 4.69) is 5.10 Å². The fourth-order valence-electron chi connectivity index (χ4n) is 1.73. The van der Waals surface area contributed by atoms with Crippen molar-refractivity contribution in [2.45, 2.75) is 29.9 Å². The molecule has 1 aromatic heterocycles. The first-order chi connectivity index (χ1) is 8.47. The third-order valence-corrected chi connectivity index (χ3v) is 3.78. The van der Waals surface area contributed by atoms with Crippen LogP contribution in [0.5, 0.6) is 0 Å². The zero-order chi connectivity index (χ0) is 13.3. The van der Waals surface area contributed by atoms with Crippen molar-refractivity contribution in [3.8, 4) is 0 Å². The number of aromatic nitrogens is 2. The standard InChI is InChI=1S/C13H15FN2OS/c1-8-6-13(16(3)15-8)18-12-5-4-10(14)7-11(12)9(2)17/h4-7,9,17H,1-3H3/t9-/m1/s1. The van der Waals surface area contributed by atoms with Gasteiger partial charge in [-0.1, -0.05) is 11.8 Å². The van der Waals surface area contributed by atoms with Crippen LogP contribution in [0.4, 0.5) is 4.39 Å². The van der Waals surface area contributed by atoms with E-state index in [9.17, 15) is 9.50 Å². The van der Waals surface area contributed by atoms with Crippen LogP contribution in [-0.4, -0.2) is 14.9 Å². The first-order valence-electron chi connectivity index (χ1n) is 5.63. The zero-order valence-electron chi connectivity index (χ0n) is 10.5. The van der Waals surface area contributed by atoms with E-state index in [4.69, 9.17) is 0 Å². The van der Waals surface area contributed by atoms with Crippen molar-refractivity contribution in [3.63, 3.8) is 0 Å². The maximum absolute atomic E-state index is 13.2. The fourth-order valence-corrected chi connectivity index (χ4v) is 2.84. The van der Waals surface area contributed by atoms with E-state index >= 15 is 0 Å². The highest BCUT2D eigenvalue weighted by atomic mass is 32.2. The first-order valence-corrected chi connectivity index (χ1v) is 6.45. The van der Waals surface area contributed by atoms with Crippen molar-refractivity contribution in [2.75, 3.05) is 0 Å². The van der Waals surface area contributed by atoms with Crippen LogP contribution in [-0.2, 0) is 7.05 Å². The van der Waals surface area contributed by atoms with Crippen LogP contribution in [0, 0.1) is 12.7 Å². The van der Waals surface area contributed by atoms with Crippen molar-refractivity contribution in [3.05, 3.63) is 41.3 Å². The molecule has 0 aliphatic heterocycles. The Morgan fingerprint density at radius 3 is 2.67 bits per heavy atom. The van der Waals surface area contributed by atoms with E-state index in [-0.39, 0.29) is 5.82 Å². The summed E-state index contributed by atoms with van der Waals surface area (Å²) in [5, 5.41) is 14.9. The van der Waals surface area contributed by atoms with Crippen LogP contribution in [0.1, 0.15) is 24.3 Å². The van der Waals surface area contributed by atoms with E-state index in [0.717, 1.165) is 15.6 Å². The molecule has 5 heteroatoms. The molecule has 1 aromatic carbocycles. The highest BCUT2D eigenvalue weighted by molar-refractivity contribution is 7.99. The molecule has 0 aliphatic rings. The Bertz CT molecular complexity index is 566.